The number of hydrogen-bond acceptors (Lipinski definition) is 4. The second-order valence-corrected chi connectivity index (χ2v) is 6.93. The molecule has 2 rings (SSSR count). The number of amides is 2. The summed E-state index contributed by atoms with van der Waals surface area (Å²) in [4.78, 5) is 36.9. The number of carbonyl (C=O) groups excluding carboxylic acids is 2. The first-order valence-corrected chi connectivity index (χ1v) is 8.23. The molecule has 1 aliphatic rings. The molecule has 1 aromatic rings. The highest BCUT2D eigenvalue weighted by Gasteiger charge is 2.33. The fraction of sp³-hybridized carbons (Fsp3) is 0.474. The van der Waals surface area contributed by atoms with Crippen LogP contribution in [0.25, 0.3) is 0 Å². The average Bonchev–Trinajstić information content (AvgIpc) is 2.77. The fourth-order valence-electron chi connectivity index (χ4n) is 2.41. The highest BCUT2D eigenvalue weighted by atomic mass is 17.2. The maximum atomic E-state index is 12.3. The number of hydrogen-bond donors (Lipinski definition) is 0. The zero-order valence-corrected chi connectivity index (χ0v) is 15.2. The number of imide groups is 1. The summed E-state index contributed by atoms with van der Waals surface area (Å²) in [6.45, 7) is 11.5. The van der Waals surface area contributed by atoms with E-state index < -0.39 is 5.60 Å². The maximum Gasteiger partial charge on any atom is 0.261 e. The summed E-state index contributed by atoms with van der Waals surface area (Å²) < 4.78 is 0. The smallest absolute Gasteiger partial charge is 0.261 e. The van der Waals surface area contributed by atoms with Gasteiger partial charge in [-0.05, 0) is 45.2 Å². The van der Waals surface area contributed by atoms with Gasteiger partial charge in [0.25, 0.3) is 11.8 Å². The van der Waals surface area contributed by atoms with Gasteiger partial charge in [0.15, 0.2) is 5.75 Å². The zero-order chi connectivity index (χ0) is 18.1. The lowest BCUT2D eigenvalue weighted by molar-refractivity contribution is -0.281. The van der Waals surface area contributed by atoms with E-state index in [2.05, 4.69) is 0 Å². The molecule has 130 valence electrons. The van der Waals surface area contributed by atoms with Crippen LogP contribution in [0.4, 0.5) is 5.69 Å². The molecule has 0 aliphatic carbocycles. The molecule has 0 N–H and O–H groups in total. The minimum absolute atomic E-state index is 0.0473. The van der Waals surface area contributed by atoms with E-state index in [9.17, 15) is 9.59 Å². The van der Waals surface area contributed by atoms with Crippen LogP contribution in [0.1, 0.15) is 59.4 Å². The molecule has 0 saturated carbocycles. The predicted molar refractivity (Wildman–Crippen MR) is 92.9 cm³/mol. The van der Waals surface area contributed by atoms with Crippen LogP contribution < -0.4 is 9.79 Å². The average molecular weight is 331 g/mol. The molecule has 0 fully saturated rings. The molecular formula is C19H25NO4. The SMILES string of the molecule is CCC(C)(C)OOc1cccc(N2C(=O)C=C(C)C2=O)c1C(C)C. The Bertz CT molecular complexity index is 689. The highest BCUT2D eigenvalue weighted by molar-refractivity contribution is 6.30. The molecule has 0 aromatic heterocycles. The lowest BCUT2D eigenvalue weighted by atomic mass is 9.99. The van der Waals surface area contributed by atoms with Crippen LogP contribution in [0.2, 0.25) is 0 Å². The standard InChI is InChI=1S/C19H25NO4/c1-7-19(5,6)24-23-15-10-8-9-14(17(15)12(2)3)20-16(21)11-13(4)18(20)22/h8-12H,7H2,1-6H3. The van der Waals surface area contributed by atoms with Crippen molar-refractivity contribution in [2.75, 3.05) is 4.90 Å². The van der Waals surface area contributed by atoms with Crippen LogP contribution in [0.15, 0.2) is 29.8 Å². The van der Waals surface area contributed by atoms with Crippen molar-refractivity contribution in [1.82, 2.24) is 0 Å². The Hall–Kier alpha value is -2.14. The van der Waals surface area contributed by atoms with Crippen molar-refractivity contribution in [3.63, 3.8) is 0 Å². The second-order valence-electron chi connectivity index (χ2n) is 6.93. The molecule has 2 amide bonds. The fourth-order valence-corrected chi connectivity index (χ4v) is 2.41. The molecule has 0 atom stereocenters. The number of carbonyl (C=O) groups is 2. The summed E-state index contributed by atoms with van der Waals surface area (Å²) in [6.07, 6.45) is 2.15. The normalized spacial score (nSPS) is 15.3. The van der Waals surface area contributed by atoms with Gasteiger partial charge in [-0.3, -0.25) is 9.59 Å². The molecule has 5 nitrogen and oxygen atoms in total. The van der Waals surface area contributed by atoms with Crippen LogP contribution in [0.5, 0.6) is 5.75 Å². The van der Waals surface area contributed by atoms with Crippen molar-refractivity contribution in [3.8, 4) is 5.75 Å². The molecule has 0 spiro atoms. The van der Waals surface area contributed by atoms with E-state index in [1.807, 2.05) is 34.6 Å². The largest absolute Gasteiger partial charge is 0.337 e. The van der Waals surface area contributed by atoms with Gasteiger partial charge in [0.05, 0.1) is 5.69 Å². The summed E-state index contributed by atoms with van der Waals surface area (Å²) in [5.41, 5.74) is 1.32. The lowest BCUT2D eigenvalue weighted by Gasteiger charge is -2.25. The number of anilines is 1. The maximum absolute atomic E-state index is 12.3. The summed E-state index contributed by atoms with van der Waals surface area (Å²) in [5.74, 6) is -0.0552. The molecule has 1 aliphatic heterocycles. The minimum atomic E-state index is -0.429. The summed E-state index contributed by atoms with van der Waals surface area (Å²) in [5, 5.41) is 0. The summed E-state index contributed by atoms with van der Waals surface area (Å²) in [7, 11) is 0. The van der Waals surface area contributed by atoms with Crippen molar-refractivity contribution in [3.05, 3.63) is 35.4 Å². The topological polar surface area (TPSA) is 55.8 Å². The molecule has 5 heteroatoms. The minimum Gasteiger partial charge on any atom is -0.337 e. The van der Waals surface area contributed by atoms with Gasteiger partial charge in [0, 0.05) is 17.2 Å². The van der Waals surface area contributed by atoms with Gasteiger partial charge in [-0.2, -0.15) is 4.89 Å². The molecular weight excluding hydrogens is 306 g/mol. The van der Waals surface area contributed by atoms with Crippen LogP contribution >= 0.6 is 0 Å². The van der Waals surface area contributed by atoms with E-state index in [0.29, 0.717) is 17.0 Å². The van der Waals surface area contributed by atoms with Gasteiger partial charge in [0.1, 0.15) is 5.60 Å². The van der Waals surface area contributed by atoms with E-state index >= 15 is 0 Å². The van der Waals surface area contributed by atoms with E-state index in [1.165, 1.54) is 11.0 Å². The lowest BCUT2D eigenvalue weighted by Crippen LogP contribution is -2.32. The monoisotopic (exact) mass is 331 g/mol. The Morgan fingerprint density at radius 1 is 1.21 bits per heavy atom. The van der Waals surface area contributed by atoms with Crippen molar-refractivity contribution in [2.24, 2.45) is 0 Å². The van der Waals surface area contributed by atoms with Gasteiger partial charge in [-0.15, -0.1) is 0 Å². The third-order valence-electron chi connectivity index (χ3n) is 4.17. The van der Waals surface area contributed by atoms with Crippen LogP contribution in [-0.2, 0) is 14.5 Å². The number of benzene rings is 1. The van der Waals surface area contributed by atoms with Gasteiger partial charge < -0.3 is 4.89 Å². The predicted octanol–water partition coefficient (Wildman–Crippen LogP) is 4.13. The Morgan fingerprint density at radius 3 is 2.38 bits per heavy atom. The van der Waals surface area contributed by atoms with Gasteiger partial charge >= 0.3 is 0 Å². The van der Waals surface area contributed by atoms with Gasteiger partial charge in [-0.25, -0.2) is 4.90 Å². The van der Waals surface area contributed by atoms with E-state index in [4.69, 9.17) is 9.78 Å². The first-order valence-electron chi connectivity index (χ1n) is 8.23. The molecule has 0 saturated heterocycles. The zero-order valence-electron chi connectivity index (χ0n) is 15.2. The van der Waals surface area contributed by atoms with Crippen molar-refractivity contribution in [2.45, 2.75) is 59.5 Å². The molecule has 0 bridgehead atoms. The third-order valence-corrected chi connectivity index (χ3v) is 4.17. The Kier molecular flexibility index (Phi) is 5.13. The van der Waals surface area contributed by atoms with Crippen molar-refractivity contribution < 1.29 is 19.4 Å². The molecule has 0 unspecified atom stereocenters. The Labute approximate surface area is 143 Å². The van der Waals surface area contributed by atoms with Gasteiger partial charge in [-0.1, -0.05) is 26.8 Å². The molecule has 24 heavy (non-hydrogen) atoms. The molecule has 1 aromatic carbocycles. The molecule has 0 radical (unpaired) electrons. The van der Waals surface area contributed by atoms with E-state index in [1.54, 1.807) is 25.1 Å². The van der Waals surface area contributed by atoms with Crippen LogP contribution in [0, 0.1) is 0 Å². The number of nitrogens with zero attached hydrogens (tertiary/aromatic N) is 1. The quantitative estimate of drug-likeness (QED) is 0.447. The Balaban J connectivity index is 2.42. The van der Waals surface area contributed by atoms with Crippen molar-refractivity contribution >= 4 is 17.5 Å². The van der Waals surface area contributed by atoms with Crippen molar-refractivity contribution in [1.29, 1.82) is 0 Å². The van der Waals surface area contributed by atoms with Crippen LogP contribution in [-0.4, -0.2) is 17.4 Å². The third kappa shape index (κ3) is 3.51. The first kappa shape index (κ1) is 18.2. The van der Waals surface area contributed by atoms with E-state index in [-0.39, 0.29) is 17.7 Å². The highest BCUT2D eigenvalue weighted by Crippen LogP contribution is 2.38. The second kappa shape index (κ2) is 6.77. The van der Waals surface area contributed by atoms with Crippen LogP contribution in [0.3, 0.4) is 0 Å². The molecule has 1 heterocycles. The first-order chi connectivity index (χ1) is 11.2. The van der Waals surface area contributed by atoms with Gasteiger partial charge in [0.2, 0.25) is 0 Å². The Morgan fingerprint density at radius 2 is 1.88 bits per heavy atom. The van der Waals surface area contributed by atoms with E-state index in [0.717, 1.165) is 12.0 Å². The summed E-state index contributed by atoms with van der Waals surface area (Å²) in [6, 6.07) is 5.30. The number of rotatable bonds is 6. The summed E-state index contributed by atoms with van der Waals surface area (Å²) >= 11 is 0.